The third-order valence-corrected chi connectivity index (χ3v) is 2.80. The Balaban J connectivity index is 2.28. The van der Waals surface area contributed by atoms with Crippen molar-refractivity contribution >= 4 is 11.6 Å². The van der Waals surface area contributed by atoms with E-state index < -0.39 is 5.82 Å². The van der Waals surface area contributed by atoms with Crippen LogP contribution in [0.3, 0.4) is 0 Å². The first-order valence-corrected chi connectivity index (χ1v) is 5.82. The Kier molecular flexibility index (Phi) is 3.80. The van der Waals surface area contributed by atoms with Gasteiger partial charge in [-0.15, -0.1) is 0 Å². The van der Waals surface area contributed by atoms with Crippen LogP contribution in [0.1, 0.15) is 15.9 Å². The van der Waals surface area contributed by atoms with Crippen molar-refractivity contribution in [2.75, 3.05) is 12.4 Å². The van der Waals surface area contributed by atoms with Crippen LogP contribution in [0.4, 0.5) is 10.1 Å². The Morgan fingerprint density at radius 2 is 1.95 bits per heavy atom. The fourth-order valence-electron chi connectivity index (χ4n) is 1.78. The number of nitrogens with one attached hydrogen (secondary N) is 1. The van der Waals surface area contributed by atoms with E-state index in [4.69, 9.17) is 4.74 Å². The zero-order valence-corrected chi connectivity index (χ0v) is 10.7. The minimum absolute atomic E-state index is 0.311. The highest BCUT2D eigenvalue weighted by molar-refractivity contribution is 6.05. The molecule has 1 amide bonds. The van der Waals surface area contributed by atoms with Crippen LogP contribution >= 0.6 is 0 Å². The van der Waals surface area contributed by atoms with Gasteiger partial charge in [-0.3, -0.25) is 4.79 Å². The van der Waals surface area contributed by atoms with E-state index in [9.17, 15) is 9.18 Å². The number of ether oxygens (including phenoxy) is 1. The number of carbonyl (C=O) groups is 1. The minimum Gasteiger partial charge on any atom is -0.495 e. The van der Waals surface area contributed by atoms with E-state index in [2.05, 4.69) is 5.32 Å². The summed E-state index contributed by atoms with van der Waals surface area (Å²) in [6.07, 6.45) is 0. The molecule has 0 heterocycles. The lowest BCUT2D eigenvalue weighted by molar-refractivity contribution is 0.102. The fourth-order valence-corrected chi connectivity index (χ4v) is 1.78. The second kappa shape index (κ2) is 5.52. The van der Waals surface area contributed by atoms with Gasteiger partial charge in [0, 0.05) is 5.56 Å². The lowest BCUT2D eigenvalue weighted by Gasteiger charge is -2.11. The smallest absolute Gasteiger partial charge is 0.256 e. The molecule has 0 aromatic heterocycles. The number of benzene rings is 2. The summed E-state index contributed by atoms with van der Waals surface area (Å²) in [6.45, 7) is 1.76. The van der Waals surface area contributed by atoms with Crippen molar-refractivity contribution < 1.29 is 13.9 Å². The molecule has 0 fully saturated rings. The van der Waals surface area contributed by atoms with Crippen molar-refractivity contribution in [1.82, 2.24) is 0 Å². The molecule has 0 spiro atoms. The van der Waals surface area contributed by atoms with Gasteiger partial charge in [-0.1, -0.05) is 18.2 Å². The average Bonchev–Trinajstić information content (AvgIpc) is 2.42. The molecule has 2 aromatic carbocycles. The van der Waals surface area contributed by atoms with Crippen molar-refractivity contribution in [1.29, 1.82) is 0 Å². The van der Waals surface area contributed by atoms with Gasteiger partial charge in [0.25, 0.3) is 5.91 Å². The summed E-state index contributed by atoms with van der Waals surface area (Å²) in [7, 11) is 1.53. The van der Waals surface area contributed by atoms with Crippen molar-refractivity contribution in [3.8, 4) is 5.75 Å². The molecule has 2 rings (SSSR count). The molecular weight excluding hydrogens is 245 g/mol. The summed E-state index contributed by atoms with van der Waals surface area (Å²) in [6, 6.07) is 11.2. The molecule has 19 heavy (non-hydrogen) atoms. The minimum atomic E-state index is -0.434. The number of rotatable bonds is 3. The molecule has 4 heteroatoms. The monoisotopic (exact) mass is 259 g/mol. The quantitative estimate of drug-likeness (QED) is 0.917. The topological polar surface area (TPSA) is 38.3 Å². The van der Waals surface area contributed by atoms with Crippen LogP contribution in [-0.2, 0) is 0 Å². The van der Waals surface area contributed by atoms with E-state index in [0.29, 0.717) is 22.6 Å². The van der Waals surface area contributed by atoms with Crippen molar-refractivity contribution in [2.45, 2.75) is 6.92 Å². The number of anilines is 1. The first-order valence-electron chi connectivity index (χ1n) is 5.82. The first-order chi connectivity index (χ1) is 9.11. The van der Waals surface area contributed by atoms with E-state index in [-0.39, 0.29) is 5.91 Å². The SMILES string of the molecule is COc1ccccc1NC(=O)c1cc(F)ccc1C. The lowest BCUT2D eigenvalue weighted by Crippen LogP contribution is -2.14. The third-order valence-electron chi connectivity index (χ3n) is 2.80. The molecule has 0 aliphatic rings. The second-order valence-corrected chi connectivity index (χ2v) is 4.11. The van der Waals surface area contributed by atoms with Gasteiger partial charge in [-0.25, -0.2) is 4.39 Å². The van der Waals surface area contributed by atoms with Crippen molar-refractivity contribution in [2.24, 2.45) is 0 Å². The lowest BCUT2D eigenvalue weighted by atomic mass is 10.1. The molecule has 98 valence electrons. The predicted molar refractivity (Wildman–Crippen MR) is 72.1 cm³/mol. The van der Waals surface area contributed by atoms with E-state index in [1.807, 2.05) is 6.07 Å². The van der Waals surface area contributed by atoms with Crippen LogP contribution in [0, 0.1) is 12.7 Å². The second-order valence-electron chi connectivity index (χ2n) is 4.11. The zero-order chi connectivity index (χ0) is 13.8. The molecule has 0 radical (unpaired) electrons. The van der Waals surface area contributed by atoms with Gasteiger partial charge >= 0.3 is 0 Å². The number of halogens is 1. The Hall–Kier alpha value is -2.36. The van der Waals surface area contributed by atoms with Crippen LogP contribution < -0.4 is 10.1 Å². The van der Waals surface area contributed by atoms with Gasteiger partial charge in [-0.2, -0.15) is 0 Å². The summed E-state index contributed by atoms with van der Waals surface area (Å²) >= 11 is 0. The summed E-state index contributed by atoms with van der Waals surface area (Å²) in [5.41, 5.74) is 1.58. The molecule has 0 atom stereocenters. The van der Waals surface area contributed by atoms with Crippen molar-refractivity contribution in [3.05, 3.63) is 59.4 Å². The number of methoxy groups -OCH3 is 1. The van der Waals surface area contributed by atoms with Gasteiger partial charge in [0.1, 0.15) is 11.6 Å². The van der Waals surface area contributed by atoms with Gasteiger partial charge < -0.3 is 10.1 Å². The number of hydrogen-bond acceptors (Lipinski definition) is 2. The average molecular weight is 259 g/mol. The Labute approximate surface area is 111 Å². The van der Waals surface area contributed by atoms with Crippen LogP contribution in [0.25, 0.3) is 0 Å². The predicted octanol–water partition coefficient (Wildman–Crippen LogP) is 3.40. The molecular formula is C15H14FNO2. The Bertz CT molecular complexity index is 611. The highest BCUT2D eigenvalue weighted by Gasteiger charge is 2.12. The van der Waals surface area contributed by atoms with E-state index in [0.717, 1.165) is 0 Å². The molecule has 0 unspecified atom stereocenters. The van der Waals surface area contributed by atoms with Crippen molar-refractivity contribution in [3.63, 3.8) is 0 Å². The maximum Gasteiger partial charge on any atom is 0.256 e. The van der Waals surface area contributed by atoms with Gasteiger partial charge in [-0.05, 0) is 36.8 Å². The summed E-state index contributed by atoms with van der Waals surface area (Å²) in [4.78, 5) is 12.1. The molecule has 2 aromatic rings. The number of para-hydroxylation sites is 2. The van der Waals surface area contributed by atoms with E-state index in [1.54, 1.807) is 31.2 Å². The molecule has 0 aliphatic carbocycles. The highest BCUT2D eigenvalue weighted by atomic mass is 19.1. The fraction of sp³-hybridized carbons (Fsp3) is 0.133. The standard InChI is InChI=1S/C15H14FNO2/c1-10-7-8-11(16)9-12(10)15(18)17-13-5-3-4-6-14(13)19-2/h3-9H,1-2H3,(H,17,18). The molecule has 0 aliphatic heterocycles. The largest absolute Gasteiger partial charge is 0.495 e. The van der Waals surface area contributed by atoms with Gasteiger partial charge in [0.2, 0.25) is 0 Å². The maximum absolute atomic E-state index is 13.2. The van der Waals surface area contributed by atoms with E-state index in [1.165, 1.54) is 19.2 Å². The zero-order valence-electron chi connectivity index (χ0n) is 10.7. The summed E-state index contributed by atoms with van der Waals surface area (Å²) in [5.74, 6) is -0.234. The third kappa shape index (κ3) is 2.91. The normalized spacial score (nSPS) is 10.1. The molecule has 0 bridgehead atoms. The molecule has 3 nitrogen and oxygen atoms in total. The number of aryl methyl sites for hydroxylation is 1. The summed E-state index contributed by atoms with van der Waals surface area (Å²) < 4.78 is 18.3. The number of amides is 1. The van der Waals surface area contributed by atoms with Crippen LogP contribution in [0.5, 0.6) is 5.75 Å². The van der Waals surface area contributed by atoms with Crippen LogP contribution in [-0.4, -0.2) is 13.0 Å². The van der Waals surface area contributed by atoms with Crippen LogP contribution in [0.15, 0.2) is 42.5 Å². The Morgan fingerprint density at radius 3 is 2.68 bits per heavy atom. The van der Waals surface area contributed by atoms with Gasteiger partial charge in [0.15, 0.2) is 0 Å². The van der Waals surface area contributed by atoms with Crippen LogP contribution in [0.2, 0.25) is 0 Å². The molecule has 0 saturated carbocycles. The molecule has 1 N–H and O–H groups in total. The van der Waals surface area contributed by atoms with E-state index >= 15 is 0 Å². The Morgan fingerprint density at radius 1 is 1.21 bits per heavy atom. The highest BCUT2D eigenvalue weighted by Crippen LogP contribution is 2.24. The van der Waals surface area contributed by atoms with Gasteiger partial charge in [0.05, 0.1) is 12.8 Å². The maximum atomic E-state index is 13.2. The number of hydrogen-bond donors (Lipinski definition) is 1. The first kappa shape index (κ1) is 13.1. The molecule has 0 saturated heterocycles. The number of carbonyl (C=O) groups excluding carboxylic acids is 1. The summed E-state index contributed by atoms with van der Waals surface area (Å²) in [5, 5.41) is 2.72.